The summed E-state index contributed by atoms with van der Waals surface area (Å²) in [6.45, 7) is 0.860. The summed E-state index contributed by atoms with van der Waals surface area (Å²) in [6.07, 6.45) is 5.75. The SMILES string of the molecule is O=C(Nc1ccc(Cl)cn1)C1CCCN(C(=O)/C=C/c2cccc([N+](=O)[O-])c2)C1. The van der Waals surface area contributed by atoms with Crippen LogP contribution in [-0.2, 0) is 9.59 Å². The zero-order valence-electron chi connectivity index (χ0n) is 15.5. The number of piperidine rings is 1. The number of non-ortho nitro benzene ring substituents is 1. The van der Waals surface area contributed by atoms with Gasteiger partial charge in [0.15, 0.2) is 0 Å². The van der Waals surface area contributed by atoms with Crippen LogP contribution in [0.1, 0.15) is 18.4 Å². The number of halogens is 1. The lowest BCUT2D eigenvalue weighted by molar-refractivity contribution is -0.384. The number of carbonyl (C=O) groups excluding carboxylic acids is 2. The van der Waals surface area contributed by atoms with Gasteiger partial charge in [0.1, 0.15) is 5.82 Å². The Balaban J connectivity index is 1.60. The highest BCUT2D eigenvalue weighted by Gasteiger charge is 2.27. The van der Waals surface area contributed by atoms with Gasteiger partial charge in [0.05, 0.1) is 15.9 Å². The summed E-state index contributed by atoms with van der Waals surface area (Å²) in [5.74, 6) is -0.358. The van der Waals surface area contributed by atoms with E-state index in [0.717, 1.165) is 0 Å². The number of hydrogen-bond donors (Lipinski definition) is 1. The minimum Gasteiger partial charge on any atom is -0.338 e. The fourth-order valence-corrected chi connectivity index (χ4v) is 3.20. The summed E-state index contributed by atoms with van der Waals surface area (Å²) in [4.78, 5) is 41.0. The first-order valence-electron chi connectivity index (χ1n) is 9.06. The first-order chi connectivity index (χ1) is 13.9. The highest BCUT2D eigenvalue weighted by Crippen LogP contribution is 2.20. The minimum absolute atomic E-state index is 0.0369. The largest absolute Gasteiger partial charge is 0.338 e. The van der Waals surface area contributed by atoms with Crippen molar-refractivity contribution in [2.45, 2.75) is 12.8 Å². The van der Waals surface area contributed by atoms with Crippen LogP contribution in [-0.4, -0.2) is 39.7 Å². The third-order valence-corrected chi connectivity index (χ3v) is 4.81. The molecule has 1 unspecified atom stereocenters. The predicted octanol–water partition coefficient (Wildman–Crippen LogP) is 3.53. The van der Waals surface area contributed by atoms with E-state index in [-0.39, 0.29) is 23.4 Å². The molecular weight excluding hydrogens is 396 g/mol. The number of aromatic nitrogens is 1. The molecule has 1 aliphatic heterocycles. The normalized spacial score (nSPS) is 16.6. The van der Waals surface area contributed by atoms with E-state index in [4.69, 9.17) is 11.6 Å². The summed E-state index contributed by atoms with van der Waals surface area (Å²) in [7, 11) is 0. The van der Waals surface area contributed by atoms with Gasteiger partial charge in [-0.25, -0.2) is 4.98 Å². The van der Waals surface area contributed by atoms with Gasteiger partial charge in [-0.2, -0.15) is 0 Å². The van der Waals surface area contributed by atoms with Crippen molar-refractivity contribution < 1.29 is 14.5 Å². The maximum atomic E-state index is 12.5. The molecule has 0 aliphatic carbocycles. The summed E-state index contributed by atoms with van der Waals surface area (Å²) in [5.41, 5.74) is 0.526. The van der Waals surface area contributed by atoms with Crippen LogP contribution in [0.5, 0.6) is 0 Å². The van der Waals surface area contributed by atoms with Crippen molar-refractivity contribution in [2.75, 3.05) is 18.4 Å². The molecule has 0 radical (unpaired) electrons. The van der Waals surface area contributed by atoms with Crippen molar-refractivity contribution in [3.8, 4) is 0 Å². The number of amides is 2. The lowest BCUT2D eigenvalue weighted by atomic mass is 9.97. The van der Waals surface area contributed by atoms with Crippen molar-refractivity contribution in [3.05, 3.63) is 69.4 Å². The van der Waals surface area contributed by atoms with E-state index in [1.54, 1.807) is 29.2 Å². The molecule has 0 spiro atoms. The van der Waals surface area contributed by atoms with Crippen molar-refractivity contribution in [1.29, 1.82) is 0 Å². The van der Waals surface area contributed by atoms with Crippen LogP contribution < -0.4 is 5.32 Å². The third kappa shape index (κ3) is 5.61. The molecule has 9 heteroatoms. The van der Waals surface area contributed by atoms with Gasteiger partial charge in [0.25, 0.3) is 5.69 Å². The first-order valence-corrected chi connectivity index (χ1v) is 9.44. The van der Waals surface area contributed by atoms with E-state index in [2.05, 4.69) is 10.3 Å². The van der Waals surface area contributed by atoms with Crippen molar-refractivity contribution in [3.63, 3.8) is 0 Å². The molecule has 1 fully saturated rings. The first kappa shape index (κ1) is 20.5. The Morgan fingerprint density at radius 2 is 2.14 bits per heavy atom. The maximum Gasteiger partial charge on any atom is 0.270 e. The number of carbonyl (C=O) groups is 2. The molecule has 2 aromatic rings. The minimum atomic E-state index is -0.484. The van der Waals surface area contributed by atoms with Gasteiger partial charge >= 0.3 is 0 Å². The van der Waals surface area contributed by atoms with E-state index in [1.807, 2.05) is 0 Å². The van der Waals surface area contributed by atoms with E-state index >= 15 is 0 Å². The second kappa shape index (κ2) is 9.29. The van der Waals surface area contributed by atoms with Crippen LogP contribution >= 0.6 is 11.6 Å². The summed E-state index contributed by atoms with van der Waals surface area (Å²) >= 11 is 5.79. The van der Waals surface area contributed by atoms with Gasteiger partial charge < -0.3 is 10.2 Å². The topological polar surface area (TPSA) is 105 Å². The molecule has 0 saturated carbocycles. The average Bonchev–Trinajstić information content (AvgIpc) is 2.74. The molecule has 2 amide bonds. The third-order valence-electron chi connectivity index (χ3n) is 4.58. The number of nitro benzene ring substituents is 1. The summed E-state index contributed by atoms with van der Waals surface area (Å²) < 4.78 is 0. The van der Waals surface area contributed by atoms with Crippen molar-refractivity contribution >= 4 is 41.0 Å². The number of rotatable bonds is 5. The highest BCUT2D eigenvalue weighted by atomic mass is 35.5. The smallest absolute Gasteiger partial charge is 0.270 e. The highest BCUT2D eigenvalue weighted by molar-refractivity contribution is 6.30. The molecule has 1 saturated heterocycles. The quantitative estimate of drug-likeness (QED) is 0.457. The molecular formula is C20H19ClN4O4. The fraction of sp³-hybridized carbons (Fsp3) is 0.250. The zero-order valence-corrected chi connectivity index (χ0v) is 16.2. The number of nitrogens with one attached hydrogen (secondary N) is 1. The Hall–Kier alpha value is -3.26. The molecule has 2 heterocycles. The number of nitro groups is 1. The van der Waals surface area contributed by atoms with Crippen molar-refractivity contribution in [1.82, 2.24) is 9.88 Å². The van der Waals surface area contributed by atoms with E-state index in [9.17, 15) is 19.7 Å². The fourth-order valence-electron chi connectivity index (χ4n) is 3.08. The van der Waals surface area contributed by atoms with Gasteiger partial charge in [-0.3, -0.25) is 19.7 Å². The molecule has 1 atom stereocenters. The van der Waals surface area contributed by atoms with Gasteiger partial charge in [-0.1, -0.05) is 23.7 Å². The molecule has 3 rings (SSSR count). The van der Waals surface area contributed by atoms with Crippen LogP contribution in [0.25, 0.3) is 6.08 Å². The molecule has 1 N–H and O–H groups in total. The zero-order chi connectivity index (χ0) is 20.8. The van der Waals surface area contributed by atoms with E-state index in [1.165, 1.54) is 30.5 Å². The van der Waals surface area contributed by atoms with E-state index < -0.39 is 4.92 Å². The van der Waals surface area contributed by atoms with Gasteiger partial charge in [-0.15, -0.1) is 0 Å². The molecule has 1 aromatic heterocycles. The molecule has 8 nitrogen and oxygen atoms in total. The monoisotopic (exact) mass is 414 g/mol. The number of hydrogen-bond acceptors (Lipinski definition) is 5. The molecule has 0 bridgehead atoms. The molecule has 29 heavy (non-hydrogen) atoms. The van der Waals surface area contributed by atoms with Gasteiger partial charge in [0, 0.05) is 37.5 Å². The van der Waals surface area contributed by atoms with Crippen LogP contribution in [0.4, 0.5) is 11.5 Å². The van der Waals surface area contributed by atoms with Gasteiger partial charge in [0.2, 0.25) is 11.8 Å². The van der Waals surface area contributed by atoms with Gasteiger partial charge in [-0.05, 0) is 36.6 Å². The molecule has 1 aromatic carbocycles. The van der Waals surface area contributed by atoms with Crippen LogP contribution in [0, 0.1) is 16.0 Å². The summed E-state index contributed by atoms with van der Waals surface area (Å²) in [5, 5.41) is 14.1. The number of nitrogens with zero attached hydrogens (tertiary/aromatic N) is 3. The van der Waals surface area contributed by atoms with Crippen LogP contribution in [0.15, 0.2) is 48.7 Å². The second-order valence-corrected chi connectivity index (χ2v) is 7.10. The predicted molar refractivity (Wildman–Crippen MR) is 109 cm³/mol. The second-order valence-electron chi connectivity index (χ2n) is 6.66. The number of anilines is 1. The Morgan fingerprint density at radius 3 is 2.86 bits per heavy atom. The van der Waals surface area contributed by atoms with Crippen LogP contribution in [0.3, 0.4) is 0 Å². The Kier molecular flexibility index (Phi) is 6.56. The van der Waals surface area contributed by atoms with Crippen molar-refractivity contribution in [2.24, 2.45) is 5.92 Å². The lowest BCUT2D eigenvalue weighted by Crippen LogP contribution is -2.43. The Bertz CT molecular complexity index is 946. The standard InChI is InChI=1S/C20H19ClN4O4/c21-16-7-8-18(22-12-16)23-20(27)15-4-2-10-24(13-15)19(26)9-6-14-3-1-5-17(11-14)25(28)29/h1,3,5-9,11-12,15H,2,4,10,13H2,(H,22,23,27)/b9-6+. The number of pyridine rings is 1. The Labute approximate surface area is 172 Å². The number of benzene rings is 1. The average molecular weight is 415 g/mol. The molecule has 150 valence electrons. The Morgan fingerprint density at radius 1 is 1.31 bits per heavy atom. The number of likely N-dealkylation sites (tertiary alicyclic amines) is 1. The van der Waals surface area contributed by atoms with Crippen LogP contribution in [0.2, 0.25) is 5.02 Å². The lowest BCUT2D eigenvalue weighted by Gasteiger charge is -2.31. The molecule has 1 aliphatic rings. The maximum absolute atomic E-state index is 12.5. The van der Waals surface area contributed by atoms with E-state index in [0.29, 0.717) is 42.3 Å². The summed E-state index contributed by atoms with van der Waals surface area (Å²) in [6, 6.07) is 9.29.